The van der Waals surface area contributed by atoms with Crippen LogP contribution < -0.4 is 5.32 Å². The zero-order valence-electron chi connectivity index (χ0n) is 11.7. The first-order chi connectivity index (χ1) is 9.15. The van der Waals surface area contributed by atoms with Crippen molar-refractivity contribution in [1.82, 2.24) is 14.9 Å². The molecule has 2 fully saturated rings. The van der Waals surface area contributed by atoms with Crippen LogP contribution in [0.1, 0.15) is 24.1 Å². The predicted molar refractivity (Wildman–Crippen MR) is 77.2 cm³/mol. The third kappa shape index (κ3) is 1.71. The van der Waals surface area contributed by atoms with Gasteiger partial charge in [-0.1, -0.05) is 0 Å². The Hall–Kier alpha value is -1.35. The quantitative estimate of drug-likeness (QED) is 0.893. The number of hydrogen-bond donors (Lipinski definition) is 1. The molecule has 1 saturated carbocycles. The summed E-state index contributed by atoms with van der Waals surface area (Å²) in [5.74, 6) is 0.855. The molecular weight excluding hydrogens is 234 g/mol. The summed E-state index contributed by atoms with van der Waals surface area (Å²) in [6.07, 6.45) is 6.11. The molecule has 2 aromatic rings. The van der Waals surface area contributed by atoms with Gasteiger partial charge < -0.3 is 9.88 Å². The van der Waals surface area contributed by atoms with E-state index in [9.17, 15) is 0 Å². The Labute approximate surface area is 114 Å². The van der Waals surface area contributed by atoms with Crippen molar-refractivity contribution in [2.24, 2.45) is 18.4 Å². The van der Waals surface area contributed by atoms with Crippen molar-refractivity contribution in [3.05, 3.63) is 29.6 Å². The van der Waals surface area contributed by atoms with Crippen LogP contribution >= 0.6 is 0 Å². The van der Waals surface area contributed by atoms with Gasteiger partial charge in [-0.05, 0) is 55.2 Å². The van der Waals surface area contributed by atoms with Gasteiger partial charge in [0.05, 0.1) is 0 Å². The van der Waals surface area contributed by atoms with Crippen LogP contribution in [0, 0.1) is 18.3 Å². The molecule has 100 valence electrons. The molecule has 1 aliphatic heterocycles. The van der Waals surface area contributed by atoms with E-state index in [2.05, 4.69) is 42.2 Å². The fraction of sp³-hybridized carbons (Fsp3) is 0.562. The smallest absolute Gasteiger partial charge is 0.140 e. The molecule has 0 radical (unpaired) electrons. The average Bonchev–Trinajstić information content (AvgIpc) is 2.57. The topological polar surface area (TPSA) is 29.9 Å². The molecular formula is C16H21N3. The zero-order chi connectivity index (χ0) is 13.0. The number of aryl methyl sites for hydroxylation is 2. The molecule has 3 heterocycles. The van der Waals surface area contributed by atoms with E-state index in [4.69, 9.17) is 4.98 Å². The zero-order valence-corrected chi connectivity index (χ0v) is 11.7. The Bertz CT molecular complexity index is 629. The lowest BCUT2D eigenvalue weighted by molar-refractivity contribution is 0.000516. The molecule has 3 nitrogen and oxygen atoms in total. The van der Waals surface area contributed by atoms with E-state index in [0.717, 1.165) is 18.0 Å². The minimum Gasteiger partial charge on any atom is -0.335 e. The highest BCUT2D eigenvalue weighted by atomic mass is 15.0. The second kappa shape index (κ2) is 3.83. The maximum atomic E-state index is 4.86. The second-order valence-corrected chi connectivity index (χ2v) is 6.68. The molecule has 1 spiro atoms. The molecule has 0 unspecified atom stereocenters. The first-order valence-electron chi connectivity index (χ1n) is 7.28. The molecule has 2 aliphatic rings. The van der Waals surface area contributed by atoms with E-state index >= 15 is 0 Å². The summed E-state index contributed by atoms with van der Waals surface area (Å²) in [6.45, 7) is 4.64. The Kier molecular flexibility index (Phi) is 2.31. The highest BCUT2D eigenvalue weighted by Gasteiger charge is 2.47. The summed E-state index contributed by atoms with van der Waals surface area (Å²) in [7, 11) is 2.09. The first-order valence-corrected chi connectivity index (χ1v) is 7.28. The van der Waals surface area contributed by atoms with Gasteiger partial charge in [0.2, 0.25) is 0 Å². The Morgan fingerprint density at radius 3 is 2.84 bits per heavy atom. The molecule has 0 atom stereocenters. The van der Waals surface area contributed by atoms with Crippen LogP contribution in [0.4, 0.5) is 0 Å². The fourth-order valence-corrected chi connectivity index (χ4v) is 3.97. The molecule has 0 bridgehead atoms. The van der Waals surface area contributed by atoms with Crippen molar-refractivity contribution in [3.63, 3.8) is 0 Å². The minimum absolute atomic E-state index is 0.677. The normalized spacial score (nSPS) is 21.6. The van der Waals surface area contributed by atoms with Crippen LogP contribution in [-0.4, -0.2) is 22.6 Å². The van der Waals surface area contributed by atoms with Gasteiger partial charge in [0.15, 0.2) is 0 Å². The van der Waals surface area contributed by atoms with E-state index in [0.29, 0.717) is 5.41 Å². The lowest BCUT2D eigenvalue weighted by atomic mass is 9.57. The number of hydrogen-bond acceptors (Lipinski definition) is 2. The maximum absolute atomic E-state index is 4.86. The van der Waals surface area contributed by atoms with Gasteiger partial charge in [-0.2, -0.15) is 0 Å². The van der Waals surface area contributed by atoms with Crippen molar-refractivity contribution in [2.45, 2.75) is 26.2 Å². The van der Waals surface area contributed by atoms with E-state index in [1.54, 1.807) is 0 Å². The summed E-state index contributed by atoms with van der Waals surface area (Å²) < 4.78 is 2.15. The summed E-state index contributed by atoms with van der Waals surface area (Å²) >= 11 is 0. The number of aromatic nitrogens is 2. The maximum Gasteiger partial charge on any atom is 0.140 e. The molecule has 0 amide bonds. The first kappa shape index (κ1) is 11.5. The van der Waals surface area contributed by atoms with Gasteiger partial charge in [0.1, 0.15) is 5.65 Å². The number of nitrogens with one attached hydrogen (secondary N) is 1. The molecule has 1 N–H and O–H groups in total. The summed E-state index contributed by atoms with van der Waals surface area (Å²) in [5.41, 5.74) is 4.39. The van der Waals surface area contributed by atoms with Crippen molar-refractivity contribution in [1.29, 1.82) is 0 Å². The Morgan fingerprint density at radius 2 is 2.16 bits per heavy atom. The van der Waals surface area contributed by atoms with Gasteiger partial charge in [-0.25, -0.2) is 4.98 Å². The number of fused-ring (bicyclic) bond motifs is 1. The standard InChI is InChI=1S/C16H21N3/c1-11-8-19(2)15-14(11)4-3-13(18-15)5-12-6-16(7-12)9-17-10-16/h3-4,8,12,17H,5-7,9-10H2,1-2H3. The van der Waals surface area contributed by atoms with E-state index < -0.39 is 0 Å². The lowest BCUT2D eigenvalue weighted by Crippen LogP contribution is -2.60. The van der Waals surface area contributed by atoms with Crippen LogP contribution in [-0.2, 0) is 13.5 Å². The number of pyridine rings is 1. The van der Waals surface area contributed by atoms with E-state index in [-0.39, 0.29) is 0 Å². The largest absolute Gasteiger partial charge is 0.335 e. The monoisotopic (exact) mass is 255 g/mol. The SMILES string of the molecule is Cc1cn(C)c2nc(CC3CC4(CNC4)C3)ccc12. The van der Waals surface area contributed by atoms with Crippen molar-refractivity contribution in [3.8, 4) is 0 Å². The lowest BCUT2D eigenvalue weighted by Gasteiger charge is -2.54. The third-order valence-corrected chi connectivity index (χ3v) is 5.02. The minimum atomic E-state index is 0.677. The van der Waals surface area contributed by atoms with Crippen LogP contribution in [0.25, 0.3) is 11.0 Å². The van der Waals surface area contributed by atoms with Crippen molar-refractivity contribution in [2.75, 3.05) is 13.1 Å². The van der Waals surface area contributed by atoms with Crippen LogP contribution in [0.5, 0.6) is 0 Å². The Balaban J connectivity index is 1.54. The molecule has 0 aromatic carbocycles. The van der Waals surface area contributed by atoms with Crippen molar-refractivity contribution >= 4 is 11.0 Å². The predicted octanol–water partition coefficient (Wildman–Crippen LogP) is 2.42. The highest BCUT2D eigenvalue weighted by molar-refractivity contribution is 5.80. The molecule has 19 heavy (non-hydrogen) atoms. The molecule has 1 saturated heterocycles. The fourth-order valence-electron chi connectivity index (χ4n) is 3.97. The van der Waals surface area contributed by atoms with Crippen molar-refractivity contribution < 1.29 is 0 Å². The van der Waals surface area contributed by atoms with Gasteiger partial charge in [0.25, 0.3) is 0 Å². The highest BCUT2D eigenvalue weighted by Crippen LogP contribution is 2.49. The van der Waals surface area contributed by atoms with Gasteiger partial charge in [-0.15, -0.1) is 0 Å². The van der Waals surface area contributed by atoms with Gasteiger partial charge >= 0.3 is 0 Å². The summed E-state index contributed by atoms with van der Waals surface area (Å²) in [4.78, 5) is 4.86. The molecule has 2 aromatic heterocycles. The number of rotatable bonds is 2. The summed E-state index contributed by atoms with van der Waals surface area (Å²) in [6, 6.07) is 4.46. The molecule has 1 aliphatic carbocycles. The van der Waals surface area contributed by atoms with Crippen LogP contribution in [0.3, 0.4) is 0 Å². The molecule has 3 heteroatoms. The van der Waals surface area contributed by atoms with E-state index in [1.807, 2.05) is 0 Å². The van der Waals surface area contributed by atoms with Crippen LogP contribution in [0.15, 0.2) is 18.3 Å². The van der Waals surface area contributed by atoms with Gasteiger partial charge in [0, 0.05) is 37.4 Å². The second-order valence-electron chi connectivity index (χ2n) is 6.68. The third-order valence-electron chi connectivity index (χ3n) is 5.02. The Morgan fingerprint density at radius 1 is 1.37 bits per heavy atom. The van der Waals surface area contributed by atoms with Gasteiger partial charge in [-0.3, -0.25) is 0 Å². The molecule has 4 rings (SSSR count). The van der Waals surface area contributed by atoms with Crippen LogP contribution in [0.2, 0.25) is 0 Å². The van der Waals surface area contributed by atoms with E-state index in [1.165, 1.54) is 42.6 Å². The average molecular weight is 255 g/mol. The summed E-state index contributed by atoms with van der Waals surface area (Å²) in [5, 5.41) is 4.69. The number of nitrogens with zero attached hydrogens (tertiary/aromatic N) is 2.